The summed E-state index contributed by atoms with van der Waals surface area (Å²) in [5, 5.41) is 9.37. The summed E-state index contributed by atoms with van der Waals surface area (Å²) in [6.45, 7) is 3.81. The Labute approximate surface area is 191 Å². The molecule has 1 aliphatic carbocycles. The fraction of sp³-hybridized carbons (Fsp3) is 0.167. The van der Waals surface area contributed by atoms with Crippen LogP contribution in [-0.4, -0.2) is 37.6 Å². The van der Waals surface area contributed by atoms with Crippen molar-refractivity contribution in [3.63, 3.8) is 0 Å². The summed E-state index contributed by atoms with van der Waals surface area (Å²) in [7, 11) is -2.93. The van der Waals surface area contributed by atoms with Gasteiger partial charge in [-0.1, -0.05) is 12.1 Å². The van der Waals surface area contributed by atoms with Crippen molar-refractivity contribution in [3.8, 4) is 0 Å². The van der Waals surface area contributed by atoms with Gasteiger partial charge in [0.15, 0.2) is 11.6 Å². The minimum atomic E-state index is -4.73. The van der Waals surface area contributed by atoms with Crippen LogP contribution in [0.5, 0.6) is 0 Å². The molecule has 4 N–H and O–H groups in total. The second-order valence-electron chi connectivity index (χ2n) is 7.97. The first-order chi connectivity index (χ1) is 15.6. The molecule has 4 rings (SSSR count). The van der Waals surface area contributed by atoms with Crippen molar-refractivity contribution in [2.45, 2.75) is 24.8 Å². The van der Waals surface area contributed by atoms with Crippen molar-refractivity contribution in [2.75, 3.05) is 23.0 Å². The van der Waals surface area contributed by atoms with E-state index >= 15 is 0 Å². The van der Waals surface area contributed by atoms with Crippen LogP contribution >= 0.6 is 0 Å². The van der Waals surface area contributed by atoms with Crippen LogP contribution < -0.4 is 16.0 Å². The third kappa shape index (κ3) is 4.08. The largest absolute Gasteiger partial charge is 0.388 e. The van der Waals surface area contributed by atoms with E-state index in [1.54, 1.807) is 19.2 Å². The van der Waals surface area contributed by atoms with E-state index in [9.17, 15) is 22.6 Å². The summed E-state index contributed by atoms with van der Waals surface area (Å²) < 4.78 is 33.7. The average molecular weight is 466 g/mol. The minimum Gasteiger partial charge on any atom is -0.388 e. The Morgan fingerprint density at radius 1 is 0.788 bits per heavy atom. The average Bonchev–Trinajstić information content (AvgIpc) is 2.77. The number of hydrogen-bond acceptors (Lipinski definition) is 7. The van der Waals surface area contributed by atoms with Gasteiger partial charge < -0.3 is 16.0 Å². The number of benzene rings is 3. The van der Waals surface area contributed by atoms with E-state index in [1.807, 2.05) is 38.1 Å². The number of nitrogens with one attached hydrogen (secondary N) is 3. The molecule has 0 saturated heterocycles. The second-order valence-corrected chi connectivity index (χ2v) is 9.36. The van der Waals surface area contributed by atoms with E-state index in [0.29, 0.717) is 17.1 Å². The molecule has 0 bridgehead atoms. The molecule has 33 heavy (non-hydrogen) atoms. The zero-order valence-corrected chi connectivity index (χ0v) is 19.1. The normalized spacial score (nSPS) is 12.9. The predicted molar refractivity (Wildman–Crippen MR) is 128 cm³/mol. The van der Waals surface area contributed by atoms with Crippen LogP contribution in [-0.2, 0) is 10.1 Å². The highest BCUT2D eigenvalue weighted by Crippen LogP contribution is 2.39. The first kappa shape index (κ1) is 22.5. The van der Waals surface area contributed by atoms with Crippen LogP contribution in [0.15, 0.2) is 59.5 Å². The zero-order valence-electron chi connectivity index (χ0n) is 18.3. The third-order valence-corrected chi connectivity index (χ3v) is 6.23. The van der Waals surface area contributed by atoms with Gasteiger partial charge in [0.2, 0.25) is 0 Å². The summed E-state index contributed by atoms with van der Waals surface area (Å²) in [5.74, 6) is -1.16. The van der Waals surface area contributed by atoms with Crippen LogP contribution in [0.1, 0.15) is 45.7 Å². The van der Waals surface area contributed by atoms with Crippen molar-refractivity contribution in [3.05, 3.63) is 76.9 Å². The molecule has 0 heterocycles. The molecule has 170 valence electrons. The molecule has 3 aromatic rings. The highest BCUT2D eigenvalue weighted by Gasteiger charge is 2.37. The van der Waals surface area contributed by atoms with Crippen molar-refractivity contribution < 1.29 is 22.6 Å². The number of fused-ring (bicyclic) bond motifs is 2. The molecular weight excluding hydrogens is 442 g/mol. The van der Waals surface area contributed by atoms with Gasteiger partial charge in [0.1, 0.15) is 4.90 Å². The summed E-state index contributed by atoms with van der Waals surface area (Å²) >= 11 is 0. The van der Waals surface area contributed by atoms with E-state index in [0.717, 1.165) is 11.8 Å². The lowest BCUT2D eigenvalue weighted by Crippen LogP contribution is -2.27. The second kappa shape index (κ2) is 8.34. The first-order valence-corrected chi connectivity index (χ1v) is 11.7. The van der Waals surface area contributed by atoms with Crippen molar-refractivity contribution in [2.24, 2.45) is 0 Å². The molecule has 0 amide bonds. The van der Waals surface area contributed by atoms with Gasteiger partial charge in [0.25, 0.3) is 10.1 Å². The molecule has 8 nitrogen and oxygen atoms in total. The number of anilines is 4. The van der Waals surface area contributed by atoms with Crippen LogP contribution in [0, 0.1) is 0 Å². The van der Waals surface area contributed by atoms with Gasteiger partial charge in [-0.3, -0.25) is 14.1 Å². The Bertz CT molecular complexity index is 1380. The molecular formula is C24H23N3O5S. The van der Waals surface area contributed by atoms with Crippen LogP contribution in [0.4, 0.5) is 22.7 Å². The van der Waals surface area contributed by atoms with Gasteiger partial charge in [0.05, 0.1) is 22.4 Å². The maximum atomic E-state index is 13.7. The number of hydrogen-bond donors (Lipinski definition) is 4. The molecule has 0 radical (unpaired) electrons. The van der Waals surface area contributed by atoms with Gasteiger partial charge in [-0.2, -0.15) is 8.42 Å². The topological polar surface area (TPSA) is 125 Å². The molecule has 0 unspecified atom stereocenters. The van der Waals surface area contributed by atoms with Gasteiger partial charge in [0, 0.05) is 35.7 Å². The van der Waals surface area contributed by atoms with E-state index in [-0.39, 0.29) is 28.3 Å². The number of carbonyl (C=O) groups excluding carboxylic acids is 2. The molecule has 0 atom stereocenters. The summed E-state index contributed by atoms with van der Waals surface area (Å²) in [6.07, 6.45) is 0. The summed E-state index contributed by atoms with van der Waals surface area (Å²) in [4.78, 5) is 26.6. The van der Waals surface area contributed by atoms with E-state index in [1.165, 1.54) is 12.1 Å². The highest BCUT2D eigenvalue weighted by molar-refractivity contribution is 7.86. The van der Waals surface area contributed by atoms with Crippen molar-refractivity contribution in [1.29, 1.82) is 0 Å². The number of carbonyl (C=O) groups is 2. The Morgan fingerprint density at radius 3 is 2.00 bits per heavy atom. The predicted octanol–water partition coefficient (Wildman–Crippen LogP) is 4.31. The summed E-state index contributed by atoms with van der Waals surface area (Å²) in [5.41, 5.74) is 2.21. The van der Waals surface area contributed by atoms with E-state index in [4.69, 9.17) is 0 Å². The lowest BCUT2D eigenvalue weighted by molar-refractivity contribution is 0.0977. The molecule has 3 aromatic carbocycles. The van der Waals surface area contributed by atoms with Crippen molar-refractivity contribution >= 4 is 44.4 Å². The Balaban J connectivity index is 1.94. The lowest BCUT2D eigenvalue weighted by Gasteiger charge is -2.25. The molecule has 9 heteroatoms. The standard InChI is InChI=1S/C24H23N3O5S/c1-13(2)26-17-11-12-18(27-15-9-7-14(25-3)8-10-15)22-21(17)23(28)16-5-4-6-19(33(30,31)32)20(16)24(22)29/h4-13,25-27H,1-3H3,(H,30,31,32). The zero-order chi connectivity index (χ0) is 23.9. The van der Waals surface area contributed by atoms with Crippen LogP contribution in [0.2, 0.25) is 0 Å². The Kier molecular flexibility index (Phi) is 5.69. The van der Waals surface area contributed by atoms with Crippen molar-refractivity contribution in [1.82, 2.24) is 0 Å². The third-order valence-electron chi connectivity index (χ3n) is 5.33. The first-order valence-electron chi connectivity index (χ1n) is 10.3. The monoisotopic (exact) mass is 465 g/mol. The molecule has 1 aliphatic rings. The van der Waals surface area contributed by atoms with Crippen LogP contribution in [0.3, 0.4) is 0 Å². The number of rotatable bonds is 6. The van der Waals surface area contributed by atoms with Crippen LogP contribution in [0.25, 0.3) is 0 Å². The van der Waals surface area contributed by atoms with Gasteiger partial charge >= 0.3 is 0 Å². The van der Waals surface area contributed by atoms with Gasteiger partial charge in [-0.05, 0) is 56.3 Å². The lowest BCUT2D eigenvalue weighted by atomic mass is 9.82. The van der Waals surface area contributed by atoms with E-state index < -0.39 is 26.6 Å². The minimum absolute atomic E-state index is 0.0181. The highest BCUT2D eigenvalue weighted by atomic mass is 32.2. The molecule has 0 saturated carbocycles. The Morgan fingerprint density at radius 2 is 1.39 bits per heavy atom. The SMILES string of the molecule is CNc1ccc(Nc2ccc(NC(C)C)c3c2C(=O)c2c(cccc2S(=O)(=O)O)C3=O)cc1. The Hall–Kier alpha value is -3.69. The maximum absolute atomic E-state index is 13.7. The molecule has 0 spiro atoms. The van der Waals surface area contributed by atoms with Gasteiger partial charge in [-0.25, -0.2) is 0 Å². The fourth-order valence-corrected chi connectivity index (χ4v) is 4.63. The molecule has 0 fully saturated rings. The molecule has 0 aromatic heterocycles. The molecule has 0 aliphatic heterocycles. The van der Waals surface area contributed by atoms with E-state index in [2.05, 4.69) is 16.0 Å². The maximum Gasteiger partial charge on any atom is 0.295 e. The fourth-order valence-electron chi connectivity index (χ4n) is 3.91. The summed E-state index contributed by atoms with van der Waals surface area (Å²) in [6, 6.07) is 14.5. The quantitative estimate of drug-likeness (QED) is 0.311. The smallest absolute Gasteiger partial charge is 0.295 e. The number of ketones is 2. The van der Waals surface area contributed by atoms with Gasteiger partial charge in [-0.15, -0.1) is 0 Å².